The monoisotopic (exact) mass is 455 g/mol. The number of nitrogens with one attached hydrogen (secondary N) is 1. The highest BCUT2D eigenvalue weighted by Gasteiger charge is 2.47. The fourth-order valence-electron chi connectivity index (χ4n) is 5.25. The Hall–Kier alpha value is -2.74. The van der Waals surface area contributed by atoms with Gasteiger partial charge in [-0.25, -0.2) is 0 Å². The maximum atomic E-state index is 12.8. The average Bonchev–Trinajstić information content (AvgIpc) is 3.05. The Bertz CT molecular complexity index is 881. The van der Waals surface area contributed by atoms with Gasteiger partial charge in [-0.15, -0.1) is 0 Å². The van der Waals surface area contributed by atoms with Gasteiger partial charge < -0.3 is 15.0 Å². The quantitative estimate of drug-likeness (QED) is 0.663. The molecule has 2 saturated heterocycles. The van der Waals surface area contributed by atoms with E-state index in [1.54, 1.807) is 12.1 Å². The minimum atomic E-state index is -0.207. The van der Waals surface area contributed by atoms with Crippen molar-refractivity contribution in [3.63, 3.8) is 0 Å². The van der Waals surface area contributed by atoms with Crippen LogP contribution in [0.15, 0.2) is 24.3 Å². The second-order valence-corrected chi connectivity index (χ2v) is 9.52. The van der Waals surface area contributed by atoms with E-state index in [1.165, 1.54) is 4.90 Å². The van der Waals surface area contributed by atoms with Crippen LogP contribution in [-0.4, -0.2) is 65.3 Å². The van der Waals surface area contributed by atoms with Crippen LogP contribution >= 0.6 is 0 Å². The van der Waals surface area contributed by atoms with E-state index >= 15 is 0 Å². The van der Waals surface area contributed by atoms with Crippen molar-refractivity contribution in [1.82, 2.24) is 15.1 Å². The first kappa shape index (κ1) is 23.4. The Morgan fingerprint density at radius 2 is 1.55 bits per heavy atom. The normalized spacial score (nSPS) is 27.5. The molecule has 2 aliphatic heterocycles. The molecule has 3 fully saturated rings. The number of hydrogen-bond acceptors (Lipinski definition) is 5. The average molecular weight is 456 g/mol. The second kappa shape index (κ2) is 10.0. The lowest BCUT2D eigenvalue weighted by Gasteiger charge is -2.35. The summed E-state index contributed by atoms with van der Waals surface area (Å²) in [6.45, 7) is 5.54. The van der Waals surface area contributed by atoms with E-state index in [-0.39, 0.29) is 60.6 Å². The molecule has 0 spiro atoms. The van der Waals surface area contributed by atoms with Crippen LogP contribution in [0, 0.1) is 11.8 Å². The van der Waals surface area contributed by atoms with Crippen LogP contribution < -0.4 is 5.32 Å². The number of carbonyl (C=O) groups is 4. The van der Waals surface area contributed by atoms with Gasteiger partial charge in [0, 0.05) is 38.2 Å². The van der Waals surface area contributed by atoms with Crippen molar-refractivity contribution in [3.05, 3.63) is 35.4 Å². The van der Waals surface area contributed by atoms with E-state index in [2.05, 4.69) is 5.32 Å². The third-order valence-electron chi connectivity index (χ3n) is 6.89. The molecule has 1 aromatic rings. The standard InChI is InChI=1S/C25H33N3O5/c1-16-14-27(15-17(2)33-16)23(30)19-9-7-18(8-10-19)13-26-22(29)11-12-28-24(31)20-5-3-4-6-21(20)25(28)32/h7-10,16-17,20-21H,3-6,11-15H2,1-2H3,(H,26,29). The van der Waals surface area contributed by atoms with Gasteiger partial charge in [-0.3, -0.25) is 24.1 Å². The lowest BCUT2D eigenvalue weighted by Crippen LogP contribution is -2.48. The van der Waals surface area contributed by atoms with Crippen LogP contribution in [0.2, 0.25) is 0 Å². The summed E-state index contributed by atoms with van der Waals surface area (Å²) in [7, 11) is 0. The predicted octanol–water partition coefficient (Wildman–Crippen LogP) is 2.12. The topological polar surface area (TPSA) is 96.0 Å². The maximum Gasteiger partial charge on any atom is 0.254 e. The van der Waals surface area contributed by atoms with Gasteiger partial charge in [0.2, 0.25) is 17.7 Å². The molecule has 2 heterocycles. The number of ether oxygens (including phenoxy) is 1. The fourth-order valence-corrected chi connectivity index (χ4v) is 5.25. The molecule has 8 nitrogen and oxygen atoms in total. The summed E-state index contributed by atoms with van der Waals surface area (Å²) in [5, 5.41) is 2.84. The van der Waals surface area contributed by atoms with Gasteiger partial charge in [-0.2, -0.15) is 0 Å². The molecular weight excluding hydrogens is 422 g/mol. The number of morpholine rings is 1. The summed E-state index contributed by atoms with van der Waals surface area (Å²) in [4.78, 5) is 53.2. The Balaban J connectivity index is 1.24. The molecule has 1 aliphatic carbocycles. The van der Waals surface area contributed by atoms with Crippen molar-refractivity contribution in [2.75, 3.05) is 19.6 Å². The minimum absolute atomic E-state index is 0.0161. The number of carbonyl (C=O) groups excluding carboxylic acids is 4. The largest absolute Gasteiger partial charge is 0.372 e. The minimum Gasteiger partial charge on any atom is -0.372 e. The first-order valence-electron chi connectivity index (χ1n) is 12.0. The number of amides is 4. The van der Waals surface area contributed by atoms with Gasteiger partial charge in [-0.1, -0.05) is 25.0 Å². The van der Waals surface area contributed by atoms with Crippen LogP contribution in [0.25, 0.3) is 0 Å². The van der Waals surface area contributed by atoms with Crippen LogP contribution in [-0.2, 0) is 25.7 Å². The molecule has 4 amide bonds. The second-order valence-electron chi connectivity index (χ2n) is 9.52. The third kappa shape index (κ3) is 5.27. The first-order chi connectivity index (χ1) is 15.8. The molecule has 4 unspecified atom stereocenters. The van der Waals surface area contributed by atoms with E-state index in [1.807, 2.05) is 30.9 Å². The molecule has 3 aliphatic rings. The Morgan fingerprint density at radius 3 is 2.12 bits per heavy atom. The third-order valence-corrected chi connectivity index (χ3v) is 6.89. The molecule has 1 N–H and O–H groups in total. The lowest BCUT2D eigenvalue weighted by molar-refractivity contribution is -0.140. The van der Waals surface area contributed by atoms with Gasteiger partial charge in [0.1, 0.15) is 0 Å². The van der Waals surface area contributed by atoms with Crippen molar-refractivity contribution in [3.8, 4) is 0 Å². The van der Waals surface area contributed by atoms with Crippen molar-refractivity contribution >= 4 is 23.6 Å². The summed E-state index contributed by atoms with van der Waals surface area (Å²) in [6, 6.07) is 7.22. The number of fused-ring (bicyclic) bond motifs is 1. The van der Waals surface area contributed by atoms with E-state index in [9.17, 15) is 19.2 Å². The van der Waals surface area contributed by atoms with Crippen LogP contribution in [0.3, 0.4) is 0 Å². The van der Waals surface area contributed by atoms with Gasteiger partial charge in [-0.05, 0) is 44.4 Å². The first-order valence-corrected chi connectivity index (χ1v) is 12.0. The maximum absolute atomic E-state index is 12.8. The molecule has 0 bridgehead atoms. The summed E-state index contributed by atoms with van der Waals surface area (Å²) in [5.41, 5.74) is 1.49. The lowest BCUT2D eigenvalue weighted by atomic mass is 9.81. The van der Waals surface area contributed by atoms with E-state index < -0.39 is 0 Å². The summed E-state index contributed by atoms with van der Waals surface area (Å²) < 4.78 is 5.69. The highest BCUT2D eigenvalue weighted by molar-refractivity contribution is 6.05. The number of rotatable bonds is 6. The molecule has 178 valence electrons. The Morgan fingerprint density at radius 1 is 0.970 bits per heavy atom. The number of nitrogens with zero attached hydrogens (tertiary/aromatic N) is 2. The molecule has 4 rings (SSSR count). The Kier molecular flexibility index (Phi) is 7.12. The van der Waals surface area contributed by atoms with Gasteiger partial charge in [0.15, 0.2) is 0 Å². The number of hydrogen-bond donors (Lipinski definition) is 1. The van der Waals surface area contributed by atoms with Gasteiger partial charge >= 0.3 is 0 Å². The zero-order chi connectivity index (χ0) is 23.5. The number of likely N-dealkylation sites (tertiary alicyclic amines) is 1. The molecular formula is C25H33N3O5. The smallest absolute Gasteiger partial charge is 0.254 e. The molecule has 33 heavy (non-hydrogen) atoms. The van der Waals surface area contributed by atoms with E-state index in [0.29, 0.717) is 25.2 Å². The molecule has 1 aromatic carbocycles. The fraction of sp³-hybridized carbons (Fsp3) is 0.600. The van der Waals surface area contributed by atoms with Gasteiger partial charge in [0.25, 0.3) is 5.91 Å². The van der Waals surface area contributed by atoms with Crippen LogP contribution in [0.4, 0.5) is 0 Å². The zero-order valence-corrected chi connectivity index (χ0v) is 19.4. The highest BCUT2D eigenvalue weighted by atomic mass is 16.5. The van der Waals surface area contributed by atoms with E-state index in [4.69, 9.17) is 4.74 Å². The summed E-state index contributed by atoms with van der Waals surface area (Å²) in [5.74, 6) is -0.808. The van der Waals surface area contributed by atoms with Crippen molar-refractivity contribution in [2.24, 2.45) is 11.8 Å². The highest BCUT2D eigenvalue weighted by Crippen LogP contribution is 2.37. The van der Waals surface area contributed by atoms with E-state index in [0.717, 1.165) is 31.2 Å². The van der Waals surface area contributed by atoms with Crippen molar-refractivity contribution in [1.29, 1.82) is 0 Å². The zero-order valence-electron chi connectivity index (χ0n) is 19.4. The predicted molar refractivity (Wildman–Crippen MR) is 121 cm³/mol. The summed E-state index contributed by atoms with van der Waals surface area (Å²) >= 11 is 0. The molecule has 0 radical (unpaired) electrons. The van der Waals surface area contributed by atoms with Gasteiger partial charge in [0.05, 0.1) is 24.0 Å². The molecule has 0 aromatic heterocycles. The molecule has 4 atom stereocenters. The SMILES string of the molecule is CC1CN(C(=O)c2ccc(CNC(=O)CCN3C(=O)C4CCCCC4C3=O)cc2)CC(C)O1. The number of benzene rings is 1. The van der Waals surface area contributed by atoms with Crippen molar-refractivity contribution < 1.29 is 23.9 Å². The summed E-state index contributed by atoms with van der Waals surface area (Å²) in [6.07, 6.45) is 3.67. The van der Waals surface area contributed by atoms with Crippen LogP contribution in [0.5, 0.6) is 0 Å². The van der Waals surface area contributed by atoms with Crippen molar-refractivity contribution in [2.45, 2.75) is 64.7 Å². The molecule has 1 saturated carbocycles. The van der Waals surface area contributed by atoms with Crippen LogP contribution in [0.1, 0.15) is 61.9 Å². The number of imide groups is 1. The molecule has 8 heteroatoms. The Labute approximate surface area is 194 Å².